The van der Waals surface area contributed by atoms with E-state index in [1.165, 1.54) is 20.3 Å². The molecule has 0 amide bonds. The topological polar surface area (TPSA) is 12.0 Å². The molecule has 1 nitrogen and oxygen atoms in total. The number of nitrogens with one attached hydrogen (secondary N) is 1. The third kappa shape index (κ3) is 4.21. The molecule has 0 aliphatic rings. The van der Waals surface area contributed by atoms with E-state index < -0.39 is 0 Å². The van der Waals surface area contributed by atoms with E-state index in [1.54, 1.807) is 0 Å². The first-order chi connectivity index (χ1) is 10.0. The van der Waals surface area contributed by atoms with Gasteiger partial charge in [-0.05, 0) is 69.9 Å². The van der Waals surface area contributed by atoms with Crippen molar-refractivity contribution >= 4 is 34.2 Å². The summed E-state index contributed by atoms with van der Waals surface area (Å²) in [7, 11) is 0. The lowest BCUT2D eigenvalue weighted by Gasteiger charge is -2.21. The average Bonchev–Trinajstić information content (AvgIpc) is 2.48. The normalized spacial score (nSPS) is 12.7. The van der Waals surface area contributed by atoms with Crippen LogP contribution >= 0.6 is 34.2 Å². The molecule has 0 heterocycles. The zero-order chi connectivity index (χ0) is 15.4. The Labute approximate surface area is 146 Å². The Balaban J connectivity index is 2.40. The van der Waals surface area contributed by atoms with E-state index in [0.717, 1.165) is 11.6 Å². The zero-order valence-corrected chi connectivity index (χ0v) is 15.6. The molecule has 1 N–H and O–H groups in total. The van der Waals surface area contributed by atoms with Crippen molar-refractivity contribution in [2.24, 2.45) is 0 Å². The molecule has 3 heteroatoms. The third-order valence-corrected chi connectivity index (χ3v) is 4.83. The summed E-state index contributed by atoms with van der Waals surface area (Å²) in [6.45, 7) is 7.49. The van der Waals surface area contributed by atoms with Gasteiger partial charge in [0.05, 0.1) is 6.04 Å². The molecule has 0 radical (unpaired) electrons. The molecule has 0 aliphatic heterocycles. The molecule has 1 unspecified atom stereocenters. The fourth-order valence-electron chi connectivity index (χ4n) is 2.42. The lowest BCUT2D eigenvalue weighted by molar-refractivity contribution is 0.628. The highest BCUT2D eigenvalue weighted by Gasteiger charge is 2.16. The van der Waals surface area contributed by atoms with Crippen LogP contribution < -0.4 is 5.32 Å². The molecule has 0 bridgehead atoms. The zero-order valence-electron chi connectivity index (χ0n) is 12.7. The molecule has 0 aliphatic carbocycles. The summed E-state index contributed by atoms with van der Waals surface area (Å²) >= 11 is 8.56. The minimum atomic E-state index is 0.182. The van der Waals surface area contributed by atoms with Crippen LogP contribution in [0.4, 0.5) is 0 Å². The number of hydrogen-bond acceptors (Lipinski definition) is 1. The average molecular weight is 414 g/mol. The van der Waals surface area contributed by atoms with Crippen molar-refractivity contribution in [2.75, 3.05) is 6.54 Å². The van der Waals surface area contributed by atoms with Gasteiger partial charge >= 0.3 is 0 Å². The van der Waals surface area contributed by atoms with Crippen LogP contribution in [0, 0.1) is 3.57 Å². The summed E-state index contributed by atoms with van der Waals surface area (Å²) in [5.41, 5.74) is 3.89. The van der Waals surface area contributed by atoms with Crippen LogP contribution in [0.3, 0.4) is 0 Å². The molecular weight excluding hydrogens is 393 g/mol. The Morgan fingerprint density at radius 1 is 1.05 bits per heavy atom. The molecule has 112 valence electrons. The molecule has 1 atom stereocenters. The highest BCUT2D eigenvalue weighted by Crippen LogP contribution is 2.29. The molecule has 2 rings (SSSR count). The van der Waals surface area contributed by atoms with Crippen LogP contribution in [-0.4, -0.2) is 6.54 Å². The maximum Gasteiger partial charge on any atom is 0.0587 e. The van der Waals surface area contributed by atoms with Crippen molar-refractivity contribution in [2.45, 2.75) is 32.7 Å². The smallest absolute Gasteiger partial charge is 0.0587 e. The Kier molecular flexibility index (Phi) is 6.08. The number of rotatable bonds is 5. The fourth-order valence-corrected chi connectivity index (χ4v) is 3.25. The van der Waals surface area contributed by atoms with E-state index in [9.17, 15) is 0 Å². The van der Waals surface area contributed by atoms with Crippen molar-refractivity contribution < 1.29 is 0 Å². The van der Waals surface area contributed by atoms with Gasteiger partial charge < -0.3 is 5.32 Å². The van der Waals surface area contributed by atoms with Crippen LogP contribution in [-0.2, 0) is 0 Å². The van der Waals surface area contributed by atoms with Gasteiger partial charge in [-0.15, -0.1) is 0 Å². The molecule has 2 aromatic rings. The van der Waals surface area contributed by atoms with Crippen molar-refractivity contribution in [3.8, 4) is 0 Å². The van der Waals surface area contributed by atoms with E-state index >= 15 is 0 Å². The summed E-state index contributed by atoms with van der Waals surface area (Å²) in [5, 5.41) is 4.35. The van der Waals surface area contributed by atoms with Gasteiger partial charge in [0.25, 0.3) is 0 Å². The van der Waals surface area contributed by atoms with E-state index in [0.29, 0.717) is 5.92 Å². The molecule has 2 aromatic carbocycles. The van der Waals surface area contributed by atoms with Gasteiger partial charge in [-0.2, -0.15) is 0 Å². The van der Waals surface area contributed by atoms with E-state index in [4.69, 9.17) is 11.6 Å². The quantitative estimate of drug-likeness (QED) is 0.614. The van der Waals surface area contributed by atoms with Gasteiger partial charge in [0.1, 0.15) is 0 Å². The van der Waals surface area contributed by atoms with Gasteiger partial charge in [0.2, 0.25) is 0 Å². The highest BCUT2D eigenvalue weighted by molar-refractivity contribution is 14.1. The molecule has 0 aromatic heterocycles. The van der Waals surface area contributed by atoms with Crippen molar-refractivity contribution in [1.29, 1.82) is 0 Å². The third-order valence-electron chi connectivity index (χ3n) is 3.61. The Hall–Kier alpha value is -0.580. The lowest BCUT2D eigenvalue weighted by Crippen LogP contribution is -2.22. The molecule has 0 fully saturated rings. The van der Waals surface area contributed by atoms with Gasteiger partial charge in [-0.25, -0.2) is 0 Å². The lowest BCUT2D eigenvalue weighted by atomic mass is 9.95. The van der Waals surface area contributed by atoms with E-state index in [1.807, 2.05) is 6.07 Å². The van der Waals surface area contributed by atoms with Crippen molar-refractivity contribution in [1.82, 2.24) is 5.32 Å². The first kappa shape index (κ1) is 16.8. The summed E-state index contributed by atoms with van der Waals surface area (Å²) in [6, 6.07) is 15.2. The molecular formula is C18H21ClIN. The number of benzene rings is 2. The minimum absolute atomic E-state index is 0.182. The van der Waals surface area contributed by atoms with Crippen LogP contribution in [0.5, 0.6) is 0 Å². The predicted octanol–water partition coefficient (Wildman–Crippen LogP) is 5.77. The number of halogens is 2. The maximum absolute atomic E-state index is 6.18. The Morgan fingerprint density at radius 2 is 1.67 bits per heavy atom. The first-order valence-corrected chi connectivity index (χ1v) is 8.76. The Bertz CT molecular complexity index is 593. The van der Waals surface area contributed by atoms with Gasteiger partial charge in [0, 0.05) is 8.59 Å². The standard InChI is InChI=1S/C18H21ClIN/c1-4-21-18(16-11-15(19)9-10-17(16)20)14-7-5-13(6-8-14)12(2)3/h5-12,18,21H,4H2,1-3H3. The highest BCUT2D eigenvalue weighted by atomic mass is 127. The van der Waals surface area contributed by atoms with Crippen LogP contribution in [0.1, 0.15) is 49.4 Å². The second kappa shape index (κ2) is 7.61. The van der Waals surface area contributed by atoms with Crippen LogP contribution in [0.2, 0.25) is 5.02 Å². The summed E-state index contributed by atoms with van der Waals surface area (Å²) in [5.74, 6) is 0.558. The first-order valence-electron chi connectivity index (χ1n) is 7.31. The van der Waals surface area contributed by atoms with E-state index in [2.05, 4.69) is 85.1 Å². The molecule has 0 saturated carbocycles. The van der Waals surface area contributed by atoms with E-state index in [-0.39, 0.29) is 6.04 Å². The molecule has 21 heavy (non-hydrogen) atoms. The van der Waals surface area contributed by atoms with Crippen molar-refractivity contribution in [3.05, 3.63) is 67.7 Å². The SMILES string of the molecule is CCNC(c1ccc(C(C)C)cc1)c1cc(Cl)ccc1I. The van der Waals surface area contributed by atoms with Gasteiger partial charge in [-0.3, -0.25) is 0 Å². The largest absolute Gasteiger partial charge is 0.306 e. The van der Waals surface area contributed by atoms with Gasteiger partial charge in [0.15, 0.2) is 0 Å². The Morgan fingerprint density at radius 3 is 2.24 bits per heavy atom. The van der Waals surface area contributed by atoms with Crippen LogP contribution in [0.15, 0.2) is 42.5 Å². The second-order valence-electron chi connectivity index (χ2n) is 5.48. The van der Waals surface area contributed by atoms with Gasteiger partial charge in [-0.1, -0.05) is 56.6 Å². The summed E-state index contributed by atoms with van der Waals surface area (Å²) < 4.78 is 1.23. The molecule has 0 spiro atoms. The van der Waals surface area contributed by atoms with Crippen LogP contribution in [0.25, 0.3) is 0 Å². The number of hydrogen-bond donors (Lipinski definition) is 1. The summed E-state index contributed by atoms with van der Waals surface area (Å²) in [6.07, 6.45) is 0. The summed E-state index contributed by atoms with van der Waals surface area (Å²) in [4.78, 5) is 0. The fraction of sp³-hybridized carbons (Fsp3) is 0.333. The maximum atomic E-state index is 6.18. The predicted molar refractivity (Wildman–Crippen MR) is 100 cm³/mol. The van der Waals surface area contributed by atoms with Crippen molar-refractivity contribution in [3.63, 3.8) is 0 Å². The second-order valence-corrected chi connectivity index (χ2v) is 7.08. The monoisotopic (exact) mass is 413 g/mol. The minimum Gasteiger partial charge on any atom is -0.306 e. The molecule has 0 saturated heterocycles.